The molecule has 20 heavy (non-hydrogen) atoms. The molecular formula is C16H23F2NO. The van der Waals surface area contributed by atoms with Crippen LogP contribution in [0.3, 0.4) is 0 Å². The van der Waals surface area contributed by atoms with Gasteiger partial charge in [0.25, 0.3) is 0 Å². The fourth-order valence-electron chi connectivity index (χ4n) is 3.14. The van der Waals surface area contributed by atoms with Crippen LogP contribution >= 0.6 is 0 Å². The zero-order valence-electron chi connectivity index (χ0n) is 12.1. The number of rotatable bonds is 4. The third-order valence-corrected chi connectivity index (χ3v) is 4.01. The lowest BCUT2D eigenvalue weighted by molar-refractivity contribution is -0.00558. The fourth-order valence-corrected chi connectivity index (χ4v) is 3.14. The van der Waals surface area contributed by atoms with Gasteiger partial charge in [-0.05, 0) is 37.2 Å². The largest absolute Gasteiger partial charge is 0.376 e. The van der Waals surface area contributed by atoms with Crippen molar-refractivity contribution in [3.8, 4) is 0 Å². The van der Waals surface area contributed by atoms with Crippen LogP contribution in [-0.2, 0) is 4.74 Å². The SMILES string of the molecule is CC1CC(C)CC(OCC(N)c2ccc(F)cc2F)C1. The van der Waals surface area contributed by atoms with Crippen LogP contribution in [-0.4, -0.2) is 12.7 Å². The highest BCUT2D eigenvalue weighted by Crippen LogP contribution is 2.30. The Bertz CT molecular complexity index is 442. The molecule has 0 radical (unpaired) electrons. The van der Waals surface area contributed by atoms with Crippen molar-refractivity contribution in [2.75, 3.05) is 6.61 Å². The molecule has 0 aliphatic heterocycles. The first-order chi connectivity index (χ1) is 9.45. The number of nitrogens with two attached hydrogens (primary N) is 1. The molecule has 3 unspecified atom stereocenters. The number of benzene rings is 1. The standard InChI is InChI=1S/C16H23F2NO/c1-10-5-11(2)7-13(6-10)20-9-16(19)14-4-3-12(17)8-15(14)18/h3-4,8,10-11,13,16H,5-7,9,19H2,1-2H3. The smallest absolute Gasteiger partial charge is 0.130 e. The van der Waals surface area contributed by atoms with Gasteiger partial charge in [0.2, 0.25) is 0 Å². The first kappa shape index (κ1) is 15.4. The van der Waals surface area contributed by atoms with Crippen molar-refractivity contribution in [3.63, 3.8) is 0 Å². The normalized spacial score (nSPS) is 28.4. The maximum Gasteiger partial charge on any atom is 0.130 e. The second kappa shape index (κ2) is 6.64. The molecule has 1 aliphatic carbocycles. The highest BCUT2D eigenvalue weighted by Gasteiger charge is 2.25. The maximum absolute atomic E-state index is 13.6. The molecule has 2 nitrogen and oxygen atoms in total. The Balaban J connectivity index is 1.90. The molecule has 4 heteroatoms. The average molecular weight is 283 g/mol. The summed E-state index contributed by atoms with van der Waals surface area (Å²) >= 11 is 0. The zero-order valence-corrected chi connectivity index (χ0v) is 12.1. The summed E-state index contributed by atoms with van der Waals surface area (Å²) in [5, 5.41) is 0. The second-order valence-corrected chi connectivity index (χ2v) is 6.15. The van der Waals surface area contributed by atoms with E-state index in [2.05, 4.69) is 13.8 Å². The average Bonchev–Trinajstić information content (AvgIpc) is 2.35. The van der Waals surface area contributed by atoms with Gasteiger partial charge in [-0.1, -0.05) is 19.9 Å². The van der Waals surface area contributed by atoms with Gasteiger partial charge in [-0.3, -0.25) is 0 Å². The maximum atomic E-state index is 13.6. The molecular weight excluding hydrogens is 260 g/mol. The predicted octanol–water partition coefficient (Wildman–Crippen LogP) is 3.81. The summed E-state index contributed by atoms with van der Waals surface area (Å²) in [5.74, 6) is 0.117. The first-order valence-corrected chi connectivity index (χ1v) is 7.27. The summed E-state index contributed by atoms with van der Waals surface area (Å²) < 4.78 is 32.3. The van der Waals surface area contributed by atoms with Gasteiger partial charge in [-0.25, -0.2) is 8.78 Å². The highest BCUT2D eigenvalue weighted by molar-refractivity contribution is 5.21. The topological polar surface area (TPSA) is 35.2 Å². The third kappa shape index (κ3) is 4.00. The minimum atomic E-state index is -0.605. The van der Waals surface area contributed by atoms with Gasteiger partial charge < -0.3 is 10.5 Å². The highest BCUT2D eigenvalue weighted by atomic mass is 19.1. The molecule has 0 saturated heterocycles. The van der Waals surface area contributed by atoms with Crippen molar-refractivity contribution in [1.29, 1.82) is 0 Å². The van der Waals surface area contributed by atoms with E-state index in [1.54, 1.807) is 0 Å². The Hall–Kier alpha value is -1.00. The minimum absolute atomic E-state index is 0.198. The molecule has 0 amide bonds. The van der Waals surface area contributed by atoms with E-state index in [1.165, 1.54) is 18.6 Å². The van der Waals surface area contributed by atoms with E-state index < -0.39 is 17.7 Å². The van der Waals surface area contributed by atoms with E-state index in [0.29, 0.717) is 17.4 Å². The van der Waals surface area contributed by atoms with Gasteiger partial charge in [0, 0.05) is 11.6 Å². The van der Waals surface area contributed by atoms with Gasteiger partial charge in [0.15, 0.2) is 0 Å². The molecule has 2 N–H and O–H groups in total. The van der Waals surface area contributed by atoms with Crippen LogP contribution in [0.25, 0.3) is 0 Å². The van der Waals surface area contributed by atoms with Crippen LogP contribution in [0, 0.1) is 23.5 Å². The summed E-state index contributed by atoms with van der Waals surface area (Å²) in [4.78, 5) is 0. The van der Waals surface area contributed by atoms with Gasteiger partial charge in [0.1, 0.15) is 11.6 Å². The quantitative estimate of drug-likeness (QED) is 0.912. The summed E-state index contributed by atoms with van der Waals surface area (Å²) in [6.07, 6.45) is 3.49. The van der Waals surface area contributed by atoms with Crippen LogP contribution in [0.1, 0.15) is 44.7 Å². The number of hydrogen-bond acceptors (Lipinski definition) is 2. The Morgan fingerprint density at radius 1 is 1.20 bits per heavy atom. The number of hydrogen-bond donors (Lipinski definition) is 1. The fraction of sp³-hybridized carbons (Fsp3) is 0.625. The Kier molecular flexibility index (Phi) is 5.11. The summed E-state index contributed by atoms with van der Waals surface area (Å²) in [6, 6.07) is 2.93. The van der Waals surface area contributed by atoms with E-state index in [1.807, 2.05) is 0 Å². The molecule has 1 aromatic carbocycles. The molecule has 1 aromatic rings. The predicted molar refractivity (Wildman–Crippen MR) is 75.2 cm³/mol. The molecule has 0 spiro atoms. The Labute approximate surface area is 119 Å². The van der Waals surface area contributed by atoms with Gasteiger partial charge in [-0.15, -0.1) is 0 Å². The van der Waals surface area contributed by atoms with Crippen molar-refractivity contribution in [2.24, 2.45) is 17.6 Å². The molecule has 3 atom stereocenters. The van der Waals surface area contributed by atoms with E-state index in [4.69, 9.17) is 10.5 Å². The van der Waals surface area contributed by atoms with E-state index in [-0.39, 0.29) is 12.7 Å². The van der Waals surface area contributed by atoms with Crippen LogP contribution in [0.5, 0.6) is 0 Å². The zero-order chi connectivity index (χ0) is 14.7. The lowest BCUT2D eigenvalue weighted by Gasteiger charge is -2.32. The lowest BCUT2D eigenvalue weighted by atomic mass is 9.82. The molecule has 1 aliphatic rings. The van der Waals surface area contributed by atoms with Crippen LogP contribution in [0.15, 0.2) is 18.2 Å². The van der Waals surface area contributed by atoms with E-state index in [0.717, 1.165) is 18.9 Å². The van der Waals surface area contributed by atoms with Crippen molar-refractivity contribution in [3.05, 3.63) is 35.4 Å². The molecule has 0 aromatic heterocycles. The van der Waals surface area contributed by atoms with Gasteiger partial charge in [-0.2, -0.15) is 0 Å². The van der Waals surface area contributed by atoms with E-state index >= 15 is 0 Å². The molecule has 2 rings (SSSR count). The van der Waals surface area contributed by atoms with Crippen molar-refractivity contribution in [2.45, 2.75) is 45.3 Å². The Morgan fingerprint density at radius 3 is 2.45 bits per heavy atom. The van der Waals surface area contributed by atoms with Crippen molar-refractivity contribution >= 4 is 0 Å². The van der Waals surface area contributed by atoms with Gasteiger partial charge in [0.05, 0.1) is 18.8 Å². The first-order valence-electron chi connectivity index (χ1n) is 7.27. The molecule has 0 heterocycles. The summed E-state index contributed by atoms with van der Waals surface area (Å²) in [6.45, 7) is 4.73. The van der Waals surface area contributed by atoms with Gasteiger partial charge >= 0.3 is 0 Å². The van der Waals surface area contributed by atoms with Crippen molar-refractivity contribution < 1.29 is 13.5 Å². The molecule has 1 saturated carbocycles. The van der Waals surface area contributed by atoms with Crippen LogP contribution in [0.4, 0.5) is 8.78 Å². The third-order valence-electron chi connectivity index (χ3n) is 4.01. The molecule has 0 bridgehead atoms. The lowest BCUT2D eigenvalue weighted by Crippen LogP contribution is -2.29. The van der Waals surface area contributed by atoms with Crippen LogP contribution in [0.2, 0.25) is 0 Å². The summed E-state index contributed by atoms with van der Waals surface area (Å²) in [7, 11) is 0. The molecule has 112 valence electrons. The second-order valence-electron chi connectivity index (χ2n) is 6.15. The molecule has 1 fully saturated rings. The number of ether oxygens (including phenoxy) is 1. The summed E-state index contributed by atoms with van der Waals surface area (Å²) in [5.41, 5.74) is 6.25. The van der Waals surface area contributed by atoms with Crippen LogP contribution < -0.4 is 5.73 Å². The monoisotopic (exact) mass is 283 g/mol. The van der Waals surface area contributed by atoms with E-state index in [9.17, 15) is 8.78 Å². The Morgan fingerprint density at radius 2 is 1.85 bits per heavy atom. The van der Waals surface area contributed by atoms with Crippen molar-refractivity contribution in [1.82, 2.24) is 0 Å². The number of halogens is 2. The minimum Gasteiger partial charge on any atom is -0.376 e.